The quantitative estimate of drug-likeness (QED) is 0.283. The third kappa shape index (κ3) is 5.47. The van der Waals surface area contributed by atoms with Crippen LogP contribution in [-0.4, -0.2) is 26.0 Å². The Morgan fingerprint density at radius 3 is 2.45 bits per heavy atom. The summed E-state index contributed by atoms with van der Waals surface area (Å²) in [5, 5.41) is 0. The summed E-state index contributed by atoms with van der Waals surface area (Å²) in [6.45, 7) is 0. The second kappa shape index (κ2) is 9.92. The van der Waals surface area contributed by atoms with Gasteiger partial charge < -0.3 is 14.2 Å². The van der Waals surface area contributed by atoms with Crippen molar-refractivity contribution in [3.63, 3.8) is 0 Å². The minimum atomic E-state index is -0.203. The van der Waals surface area contributed by atoms with Crippen molar-refractivity contribution in [3.05, 3.63) is 59.7 Å². The molecule has 1 aliphatic carbocycles. The van der Waals surface area contributed by atoms with E-state index < -0.39 is 0 Å². The van der Waals surface area contributed by atoms with Gasteiger partial charge in [-0.2, -0.15) is 0 Å². The Labute approximate surface area is 171 Å². The topological polar surface area (TPSA) is 61.8 Å². The van der Waals surface area contributed by atoms with Gasteiger partial charge in [0.25, 0.3) is 0 Å². The molecular formula is C24H26O5. The van der Waals surface area contributed by atoms with Crippen molar-refractivity contribution in [2.75, 3.05) is 14.2 Å². The Morgan fingerprint density at radius 2 is 1.72 bits per heavy atom. The Bertz CT molecular complexity index is 894. The Balaban J connectivity index is 1.70. The van der Waals surface area contributed by atoms with E-state index in [0.717, 1.165) is 31.2 Å². The van der Waals surface area contributed by atoms with E-state index >= 15 is 0 Å². The van der Waals surface area contributed by atoms with Crippen molar-refractivity contribution in [3.8, 4) is 17.2 Å². The summed E-state index contributed by atoms with van der Waals surface area (Å²) in [4.78, 5) is 25.0. The third-order valence-electron chi connectivity index (χ3n) is 5.11. The van der Waals surface area contributed by atoms with Crippen LogP contribution < -0.4 is 14.2 Å². The Hall–Kier alpha value is -3.08. The van der Waals surface area contributed by atoms with E-state index in [0.29, 0.717) is 22.8 Å². The van der Waals surface area contributed by atoms with Crippen molar-refractivity contribution in [2.45, 2.75) is 32.1 Å². The number of benzene rings is 2. The molecule has 1 fully saturated rings. The Kier molecular flexibility index (Phi) is 7.06. The molecule has 2 aromatic carbocycles. The zero-order valence-electron chi connectivity index (χ0n) is 16.9. The molecule has 0 heterocycles. The number of allylic oxidation sites excluding steroid dienone is 1. The average molecular weight is 394 g/mol. The van der Waals surface area contributed by atoms with Crippen LogP contribution in [0.1, 0.15) is 48.0 Å². The highest BCUT2D eigenvalue weighted by Gasteiger charge is 2.23. The molecular weight excluding hydrogens is 368 g/mol. The molecule has 152 valence electrons. The third-order valence-corrected chi connectivity index (χ3v) is 5.11. The van der Waals surface area contributed by atoms with Gasteiger partial charge in [0.05, 0.1) is 25.7 Å². The van der Waals surface area contributed by atoms with E-state index in [2.05, 4.69) is 0 Å². The molecule has 0 radical (unpaired) electrons. The molecule has 0 aliphatic heterocycles. The zero-order valence-corrected chi connectivity index (χ0v) is 16.9. The largest absolute Gasteiger partial charge is 0.497 e. The van der Waals surface area contributed by atoms with Crippen LogP contribution in [0.25, 0.3) is 6.08 Å². The molecule has 0 atom stereocenters. The minimum absolute atomic E-state index is 0.00921. The molecule has 3 rings (SSSR count). The molecule has 1 saturated carbocycles. The minimum Gasteiger partial charge on any atom is -0.497 e. The van der Waals surface area contributed by atoms with Gasteiger partial charge >= 0.3 is 5.97 Å². The standard InChI is InChI=1S/C24H26O5/c1-27-19-12-14-23(28-2)21(16-19)22(25)13-11-17-7-6-10-20(15-17)29-24(26)18-8-4-3-5-9-18/h6-7,10-16,18H,3-5,8-9H2,1-2H3. The second-order valence-electron chi connectivity index (χ2n) is 7.09. The van der Waals surface area contributed by atoms with E-state index in [9.17, 15) is 9.59 Å². The van der Waals surface area contributed by atoms with Crippen LogP contribution in [0.2, 0.25) is 0 Å². The molecule has 0 bridgehead atoms. The maximum Gasteiger partial charge on any atom is 0.314 e. The van der Waals surface area contributed by atoms with Gasteiger partial charge in [0, 0.05) is 0 Å². The van der Waals surface area contributed by atoms with Crippen LogP contribution in [0.3, 0.4) is 0 Å². The summed E-state index contributed by atoms with van der Waals surface area (Å²) in [6.07, 6.45) is 8.32. The number of hydrogen-bond acceptors (Lipinski definition) is 5. The Morgan fingerprint density at radius 1 is 0.931 bits per heavy atom. The van der Waals surface area contributed by atoms with Crippen LogP contribution in [0, 0.1) is 5.92 Å². The van der Waals surface area contributed by atoms with E-state index in [1.165, 1.54) is 19.6 Å². The van der Waals surface area contributed by atoms with Gasteiger partial charge in [0.1, 0.15) is 17.2 Å². The van der Waals surface area contributed by atoms with Gasteiger partial charge in [-0.05, 0) is 54.8 Å². The molecule has 0 unspecified atom stereocenters. The summed E-state index contributed by atoms with van der Waals surface area (Å²) < 4.78 is 16.0. The number of carbonyl (C=O) groups is 2. The van der Waals surface area contributed by atoms with E-state index in [4.69, 9.17) is 14.2 Å². The average Bonchev–Trinajstić information content (AvgIpc) is 2.77. The van der Waals surface area contributed by atoms with Gasteiger partial charge in [0.2, 0.25) is 0 Å². The molecule has 0 aromatic heterocycles. The van der Waals surface area contributed by atoms with Crippen LogP contribution >= 0.6 is 0 Å². The summed E-state index contributed by atoms with van der Waals surface area (Å²) in [5.74, 6) is 1.18. The molecule has 0 spiro atoms. The van der Waals surface area contributed by atoms with Gasteiger partial charge in [-0.25, -0.2) is 0 Å². The number of hydrogen-bond donors (Lipinski definition) is 0. The highest BCUT2D eigenvalue weighted by Crippen LogP contribution is 2.27. The van der Waals surface area contributed by atoms with E-state index in [1.54, 1.807) is 49.6 Å². The zero-order chi connectivity index (χ0) is 20.6. The first-order valence-corrected chi connectivity index (χ1v) is 9.87. The SMILES string of the molecule is COc1ccc(OC)c(C(=O)C=Cc2cccc(OC(=O)C3CCCCC3)c2)c1. The highest BCUT2D eigenvalue weighted by molar-refractivity contribution is 6.08. The molecule has 0 amide bonds. The predicted molar refractivity (Wildman–Crippen MR) is 112 cm³/mol. The molecule has 1 aliphatic rings. The summed E-state index contributed by atoms with van der Waals surface area (Å²) in [7, 11) is 3.07. The first-order chi connectivity index (χ1) is 14.1. The predicted octanol–water partition coefficient (Wildman–Crippen LogP) is 5.09. The maximum atomic E-state index is 12.6. The summed E-state index contributed by atoms with van der Waals surface area (Å²) in [6, 6.07) is 12.3. The number of methoxy groups -OCH3 is 2. The lowest BCUT2D eigenvalue weighted by Gasteiger charge is -2.19. The molecule has 5 nitrogen and oxygen atoms in total. The maximum absolute atomic E-state index is 12.6. The smallest absolute Gasteiger partial charge is 0.314 e. The molecule has 2 aromatic rings. The number of rotatable bonds is 7. The second-order valence-corrected chi connectivity index (χ2v) is 7.09. The number of ether oxygens (including phenoxy) is 3. The number of esters is 1. The van der Waals surface area contributed by atoms with Crippen LogP contribution in [0.5, 0.6) is 17.2 Å². The number of carbonyl (C=O) groups excluding carboxylic acids is 2. The fraction of sp³-hybridized carbons (Fsp3) is 0.333. The molecule has 5 heteroatoms. The van der Waals surface area contributed by atoms with Crippen molar-refractivity contribution in [2.24, 2.45) is 5.92 Å². The van der Waals surface area contributed by atoms with Crippen LogP contribution in [-0.2, 0) is 4.79 Å². The summed E-state index contributed by atoms with van der Waals surface area (Å²) in [5.41, 5.74) is 1.19. The lowest BCUT2D eigenvalue weighted by Crippen LogP contribution is -2.22. The first kappa shape index (κ1) is 20.6. The fourth-order valence-electron chi connectivity index (χ4n) is 3.49. The van der Waals surface area contributed by atoms with Gasteiger partial charge in [-0.3, -0.25) is 9.59 Å². The van der Waals surface area contributed by atoms with Crippen LogP contribution in [0.15, 0.2) is 48.5 Å². The van der Waals surface area contributed by atoms with Gasteiger partial charge in [0.15, 0.2) is 5.78 Å². The van der Waals surface area contributed by atoms with Crippen molar-refractivity contribution < 1.29 is 23.8 Å². The van der Waals surface area contributed by atoms with Gasteiger partial charge in [-0.15, -0.1) is 0 Å². The summed E-state index contributed by atoms with van der Waals surface area (Å²) >= 11 is 0. The van der Waals surface area contributed by atoms with Crippen molar-refractivity contribution in [1.29, 1.82) is 0 Å². The van der Waals surface area contributed by atoms with Crippen molar-refractivity contribution in [1.82, 2.24) is 0 Å². The van der Waals surface area contributed by atoms with Crippen LogP contribution in [0.4, 0.5) is 0 Å². The number of ketones is 1. The fourth-order valence-corrected chi connectivity index (χ4v) is 3.49. The normalized spacial score (nSPS) is 14.6. The van der Waals surface area contributed by atoms with Crippen molar-refractivity contribution >= 4 is 17.8 Å². The van der Waals surface area contributed by atoms with E-state index in [1.807, 2.05) is 6.07 Å². The first-order valence-electron chi connectivity index (χ1n) is 9.87. The highest BCUT2D eigenvalue weighted by atomic mass is 16.5. The monoisotopic (exact) mass is 394 g/mol. The van der Waals surface area contributed by atoms with Gasteiger partial charge in [-0.1, -0.05) is 37.5 Å². The molecule has 0 saturated heterocycles. The molecule has 29 heavy (non-hydrogen) atoms. The lowest BCUT2D eigenvalue weighted by atomic mass is 9.89. The lowest BCUT2D eigenvalue weighted by molar-refractivity contribution is -0.139. The van der Waals surface area contributed by atoms with E-state index in [-0.39, 0.29) is 17.7 Å². The molecule has 0 N–H and O–H groups in total.